The molecule has 0 bridgehead atoms. The van der Waals surface area contributed by atoms with Gasteiger partial charge in [-0.05, 0) is 29.8 Å². The molecule has 108 valence electrons. The Balaban J connectivity index is 2.45. The molecule has 2 rings (SSSR count). The number of benzene rings is 1. The summed E-state index contributed by atoms with van der Waals surface area (Å²) in [6.07, 6.45) is 1.92. The van der Waals surface area contributed by atoms with Gasteiger partial charge in [-0.3, -0.25) is 0 Å². The number of nitrogens with one attached hydrogen (secondary N) is 2. The van der Waals surface area contributed by atoms with Gasteiger partial charge >= 0.3 is 0 Å². The summed E-state index contributed by atoms with van der Waals surface area (Å²) in [5, 5.41) is 3.44. The third kappa shape index (κ3) is 3.14. The van der Waals surface area contributed by atoms with E-state index in [0.29, 0.717) is 6.04 Å². The van der Waals surface area contributed by atoms with Crippen molar-refractivity contribution in [3.63, 3.8) is 0 Å². The molecule has 0 spiro atoms. The van der Waals surface area contributed by atoms with E-state index in [0.717, 1.165) is 29.3 Å². The molecule has 0 aliphatic heterocycles. The molecule has 4 nitrogen and oxygen atoms in total. The van der Waals surface area contributed by atoms with Crippen molar-refractivity contribution in [2.45, 2.75) is 26.4 Å². The van der Waals surface area contributed by atoms with Crippen molar-refractivity contribution in [1.29, 1.82) is 0 Å². The van der Waals surface area contributed by atoms with E-state index < -0.39 is 0 Å². The predicted molar refractivity (Wildman–Crippen MR) is 81.3 cm³/mol. The maximum atomic E-state index is 5.40. The van der Waals surface area contributed by atoms with E-state index in [-0.39, 0.29) is 0 Å². The Labute approximate surface area is 120 Å². The van der Waals surface area contributed by atoms with Crippen LogP contribution in [0.15, 0.2) is 30.5 Å². The summed E-state index contributed by atoms with van der Waals surface area (Å²) in [6.45, 7) is 5.05. The topological polar surface area (TPSA) is 46.3 Å². The second-order valence-electron chi connectivity index (χ2n) is 4.98. The van der Waals surface area contributed by atoms with Gasteiger partial charge in [0, 0.05) is 30.0 Å². The molecule has 0 unspecified atom stereocenters. The SMILES string of the molecule is COc1cc(CNC(C)C)c(-c2ccc[nH]2)cc1OC. The molecule has 2 N–H and O–H groups in total. The first-order chi connectivity index (χ1) is 9.65. The van der Waals surface area contributed by atoms with Crippen LogP contribution in [-0.2, 0) is 6.54 Å². The molecule has 0 saturated carbocycles. The normalized spacial score (nSPS) is 10.8. The molecule has 0 atom stereocenters. The third-order valence-electron chi connectivity index (χ3n) is 3.20. The number of H-pyrrole nitrogens is 1. The van der Waals surface area contributed by atoms with Gasteiger partial charge in [-0.2, -0.15) is 0 Å². The van der Waals surface area contributed by atoms with Crippen LogP contribution in [0.1, 0.15) is 19.4 Å². The Bertz CT molecular complexity index is 548. The standard InChI is InChI=1S/C16H22N2O2/c1-11(2)18-10-12-8-15(19-3)16(20-4)9-13(12)14-6-5-7-17-14/h5-9,11,17-18H,10H2,1-4H3. The van der Waals surface area contributed by atoms with Crippen LogP contribution in [0.2, 0.25) is 0 Å². The van der Waals surface area contributed by atoms with Gasteiger partial charge in [0.05, 0.1) is 14.2 Å². The van der Waals surface area contributed by atoms with Crippen LogP contribution < -0.4 is 14.8 Å². The van der Waals surface area contributed by atoms with Crippen LogP contribution >= 0.6 is 0 Å². The second-order valence-corrected chi connectivity index (χ2v) is 4.98. The smallest absolute Gasteiger partial charge is 0.161 e. The first-order valence-corrected chi connectivity index (χ1v) is 6.77. The Morgan fingerprint density at radius 3 is 2.40 bits per heavy atom. The van der Waals surface area contributed by atoms with Crippen LogP contribution in [0.4, 0.5) is 0 Å². The van der Waals surface area contributed by atoms with Crippen LogP contribution in [0, 0.1) is 0 Å². The molecule has 20 heavy (non-hydrogen) atoms. The summed E-state index contributed by atoms with van der Waals surface area (Å²) in [4.78, 5) is 3.25. The first-order valence-electron chi connectivity index (χ1n) is 6.77. The second kappa shape index (κ2) is 6.48. The minimum Gasteiger partial charge on any atom is -0.493 e. The average molecular weight is 274 g/mol. The van der Waals surface area contributed by atoms with E-state index in [1.807, 2.05) is 24.4 Å². The summed E-state index contributed by atoms with van der Waals surface area (Å²) >= 11 is 0. The average Bonchev–Trinajstić information content (AvgIpc) is 2.97. The molecule has 0 saturated heterocycles. The van der Waals surface area contributed by atoms with Gasteiger partial charge in [0.25, 0.3) is 0 Å². The number of hydrogen-bond acceptors (Lipinski definition) is 3. The molecule has 1 aromatic carbocycles. The molecule has 1 heterocycles. The van der Waals surface area contributed by atoms with Gasteiger partial charge < -0.3 is 19.8 Å². The zero-order valence-electron chi connectivity index (χ0n) is 12.5. The number of hydrogen-bond donors (Lipinski definition) is 2. The molecule has 2 aromatic rings. The van der Waals surface area contributed by atoms with Crippen molar-refractivity contribution >= 4 is 0 Å². The molecule has 1 aromatic heterocycles. The van der Waals surface area contributed by atoms with Crippen molar-refractivity contribution in [1.82, 2.24) is 10.3 Å². The van der Waals surface area contributed by atoms with Gasteiger partial charge in [0.2, 0.25) is 0 Å². The summed E-state index contributed by atoms with van der Waals surface area (Å²) in [5.74, 6) is 1.49. The Morgan fingerprint density at radius 1 is 1.15 bits per heavy atom. The lowest BCUT2D eigenvalue weighted by Crippen LogP contribution is -2.22. The van der Waals surface area contributed by atoms with Crippen molar-refractivity contribution in [2.75, 3.05) is 14.2 Å². The highest BCUT2D eigenvalue weighted by Crippen LogP contribution is 2.35. The molecule has 0 radical (unpaired) electrons. The molecule has 4 heteroatoms. The highest BCUT2D eigenvalue weighted by molar-refractivity contribution is 5.68. The van der Waals surface area contributed by atoms with Gasteiger partial charge in [-0.1, -0.05) is 13.8 Å². The van der Waals surface area contributed by atoms with Gasteiger partial charge in [-0.15, -0.1) is 0 Å². The predicted octanol–water partition coefficient (Wildman–Crippen LogP) is 3.20. The number of ether oxygens (including phenoxy) is 2. The van der Waals surface area contributed by atoms with Gasteiger partial charge in [0.1, 0.15) is 0 Å². The summed E-state index contributed by atoms with van der Waals surface area (Å²) in [5.41, 5.74) is 3.38. The van der Waals surface area contributed by atoms with Crippen LogP contribution in [0.3, 0.4) is 0 Å². The van der Waals surface area contributed by atoms with Gasteiger partial charge in [0.15, 0.2) is 11.5 Å². The van der Waals surface area contributed by atoms with Crippen LogP contribution in [-0.4, -0.2) is 25.2 Å². The van der Waals surface area contributed by atoms with Crippen molar-refractivity contribution in [3.8, 4) is 22.8 Å². The van der Waals surface area contributed by atoms with E-state index in [9.17, 15) is 0 Å². The largest absolute Gasteiger partial charge is 0.493 e. The third-order valence-corrected chi connectivity index (χ3v) is 3.20. The lowest BCUT2D eigenvalue weighted by atomic mass is 10.0. The quantitative estimate of drug-likeness (QED) is 0.850. The molecular formula is C16H22N2O2. The fourth-order valence-corrected chi connectivity index (χ4v) is 2.13. The number of aromatic nitrogens is 1. The summed E-state index contributed by atoms with van der Waals surface area (Å²) < 4.78 is 10.8. The van der Waals surface area contributed by atoms with Gasteiger partial charge in [-0.25, -0.2) is 0 Å². The molecular weight excluding hydrogens is 252 g/mol. The zero-order chi connectivity index (χ0) is 14.5. The molecule has 0 aliphatic carbocycles. The highest BCUT2D eigenvalue weighted by Gasteiger charge is 2.13. The minimum absolute atomic E-state index is 0.430. The van der Waals surface area contributed by atoms with E-state index in [2.05, 4.69) is 30.2 Å². The van der Waals surface area contributed by atoms with E-state index >= 15 is 0 Å². The molecule has 0 aliphatic rings. The minimum atomic E-state index is 0.430. The lowest BCUT2D eigenvalue weighted by molar-refractivity contribution is 0.354. The fourth-order valence-electron chi connectivity index (χ4n) is 2.13. The van der Waals surface area contributed by atoms with E-state index in [1.165, 1.54) is 5.56 Å². The first kappa shape index (κ1) is 14.5. The highest BCUT2D eigenvalue weighted by atomic mass is 16.5. The maximum Gasteiger partial charge on any atom is 0.161 e. The van der Waals surface area contributed by atoms with Crippen LogP contribution in [0.5, 0.6) is 11.5 Å². The van der Waals surface area contributed by atoms with Crippen molar-refractivity contribution < 1.29 is 9.47 Å². The molecule has 0 amide bonds. The molecule has 0 fully saturated rings. The van der Waals surface area contributed by atoms with E-state index in [1.54, 1.807) is 14.2 Å². The lowest BCUT2D eigenvalue weighted by Gasteiger charge is -2.16. The maximum absolute atomic E-state index is 5.40. The van der Waals surface area contributed by atoms with Crippen molar-refractivity contribution in [2.24, 2.45) is 0 Å². The Kier molecular flexibility index (Phi) is 4.69. The summed E-state index contributed by atoms with van der Waals surface area (Å²) in [7, 11) is 3.31. The van der Waals surface area contributed by atoms with Crippen LogP contribution in [0.25, 0.3) is 11.3 Å². The number of methoxy groups -OCH3 is 2. The monoisotopic (exact) mass is 274 g/mol. The Morgan fingerprint density at radius 2 is 1.85 bits per heavy atom. The zero-order valence-corrected chi connectivity index (χ0v) is 12.5. The fraction of sp³-hybridized carbons (Fsp3) is 0.375. The Hall–Kier alpha value is -1.94. The summed E-state index contributed by atoms with van der Waals surface area (Å²) in [6, 6.07) is 8.53. The number of rotatable bonds is 6. The number of aromatic amines is 1. The van der Waals surface area contributed by atoms with E-state index in [4.69, 9.17) is 9.47 Å². The van der Waals surface area contributed by atoms with Crippen molar-refractivity contribution in [3.05, 3.63) is 36.0 Å².